The van der Waals surface area contributed by atoms with E-state index in [9.17, 15) is 25.0 Å². The molecular formula is C5H8N2O6. The molecule has 0 fully saturated rings. The van der Waals surface area contributed by atoms with Crippen molar-refractivity contribution in [2.45, 2.75) is 25.1 Å². The van der Waals surface area contributed by atoms with Crippen molar-refractivity contribution in [1.82, 2.24) is 0 Å². The van der Waals surface area contributed by atoms with E-state index in [1.165, 1.54) is 0 Å². The molecule has 0 heterocycles. The van der Waals surface area contributed by atoms with Crippen LogP contribution < -0.4 is 0 Å². The number of nitrogens with zero attached hydrogens (tertiary/aromatic N) is 2. The van der Waals surface area contributed by atoms with Gasteiger partial charge in [-0.3, -0.25) is 20.2 Å². The zero-order valence-corrected chi connectivity index (χ0v) is 6.74. The third-order valence-electron chi connectivity index (χ3n) is 1.69. The number of hydrogen-bond acceptors (Lipinski definition) is 6. The van der Waals surface area contributed by atoms with Crippen LogP contribution in [0.25, 0.3) is 0 Å². The second-order valence-electron chi connectivity index (χ2n) is 2.53. The van der Waals surface area contributed by atoms with E-state index < -0.39 is 28.0 Å². The Bertz CT molecular complexity index is 225. The van der Waals surface area contributed by atoms with Gasteiger partial charge in [-0.1, -0.05) is 0 Å². The molecule has 0 aromatic heterocycles. The summed E-state index contributed by atoms with van der Waals surface area (Å²) >= 11 is 0. The van der Waals surface area contributed by atoms with E-state index in [1.54, 1.807) is 0 Å². The van der Waals surface area contributed by atoms with Crippen LogP contribution in [-0.4, -0.2) is 33.0 Å². The molecule has 0 radical (unpaired) electrons. The molecule has 0 aromatic carbocycles. The van der Waals surface area contributed by atoms with E-state index >= 15 is 0 Å². The maximum atomic E-state index is 10.3. The van der Waals surface area contributed by atoms with E-state index in [0.717, 1.165) is 0 Å². The first-order chi connectivity index (χ1) is 5.87. The van der Waals surface area contributed by atoms with Gasteiger partial charge in [0, 0.05) is 6.42 Å². The highest BCUT2D eigenvalue weighted by Crippen LogP contribution is 2.17. The lowest BCUT2D eigenvalue weighted by molar-refractivity contribution is -0.801. The lowest BCUT2D eigenvalue weighted by Crippen LogP contribution is -2.53. The second kappa shape index (κ2) is 3.90. The molecule has 8 heteroatoms. The Morgan fingerprint density at radius 1 is 1.46 bits per heavy atom. The van der Waals surface area contributed by atoms with Crippen LogP contribution in [0.15, 0.2) is 0 Å². The lowest BCUT2D eigenvalue weighted by Gasteiger charge is -2.16. The molecular weight excluding hydrogens is 184 g/mol. The van der Waals surface area contributed by atoms with Crippen LogP contribution >= 0.6 is 0 Å². The molecule has 0 rings (SSSR count). The highest BCUT2D eigenvalue weighted by atomic mass is 16.7. The topological polar surface area (TPSA) is 124 Å². The van der Waals surface area contributed by atoms with Gasteiger partial charge in [-0.25, -0.2) is 0 Å². The van der Waals surface area contributed by atoms with Gasteiger partial charge in [0.1, 0.15) is 16.1 Å². The normalized spacial score (nSPS) is 13.4. The van der Waals surface area contributed by atoms with Crippen molar-refractivity contribution in [3.63, 3.8) is 0 Å². The molecule has 0 aromatic rings. The molecule has 1 unspecified atom stereocenters. The largest absolute Gasteiger partial charge is 0.481 e. The Morgan fingerprint density at radius 2 is 1.85 bits per heavy atom. The van der Waals surface area contributed by atoms with E-state index in [2.05, 4.69) is 0 Å². The molecule has 0 aliphatic carbocycles. The van der Waals surface area contributed by atoms with Crippen LogP contribution in [0.2, 0.25) is 0 Å². The van der Waals surface area contributed by atoms with E-state index in [0.29, 0.717) is 6.92 Å². The molecule has 0 amide bonds. The summed E-state index contributed by atoms with van der Waals surface area (Å²) < 4.78 is 0. The van der Waals surface area contributed by atoms with Crippen LogP contribution in [0.4, 0.5) is 0 Å². The lowest BCUT2D eigenvalue weighted by atomic mass is 10.0. The highest BCUT2D eigenvalue weighted by molar-refractivity contribution is 5.50. The average Bonchev–Trinajstić information content (AvgIpc) is 2.02. The van der Waals surface area contributed by atoms with E-state index in [1.807, 2.05) is 0 Å². The summed E-state index contributed by atoms with van der Waals surface area (Å²) in [5, 5.41) is 29.5. The summed E-state index contributed by atoms with van der Waals surface area (Å²) in [6.07, 6.45) is -2.37. The van der Waals surface area contributed by atoms with Crippen LogP contribution in [0, 0.1) is 20.2 Å². The fraction of sp³-hybridized carbons (Fsp3) is 0.800. The summed E-state index contributed by atoms with van der Waals surface area (Å²) in [5.74, 6) is 0. The van der Waals surface area contributed by atoms with Crippen LogP contribution in [-0.2, 0) is 4.79 Å². The molecule has 0 aliphatic heterocycles. The number of carbonyl (C=O) groups is 1. The fourth-order valence-corrected chi connectivity index (χ4v) is 0.624. The molecule has 1 atom stereocenters. The predicted octanol–water partition coefficient (Wildman–Crippen LogP) is -0.794. The summed E-state index contributed by atoms with van der Waals surface area (Å²) in [6, 6.07) is 0. The number of rotatable bonds is 5. The summed E-state index contributed by atoms with van der Waals surface area (Å²) in [4.78, 5) is 28.0. The minimum Gasteiger partial charge on any atom is -0.379 e. The Morgan fingerprint density at radius 3 is 2.08 bits per heavy atom. The summed E-state index contributed by atoms with van der Waals surface area (Å²) in [6.45, 7) is 0.654. The van der Waals surface area contributed by atoms with Crippen LogP contribution in [0.5, 0.6) is 0 Å². The fourth-order valence-electron chi connectivity index (χ4n) is 0.624. The van der Waals surface area contributed by atoms with Gasteiger partial charge in [0.05, 0.1) is 6.92 Å². The smallest absolute Gasteiger partial charge is 0.379 e. The van der Waals surface area contributed by atoms with Gasteiger partial charge >= 0.3 is 5.66 Å². The Hall–Kier alpha value is -1.57. The highest BCUT2D eigenvalue weighted by Gasteiger charge is 2.57. The first-order valence-electron chi connectivity index (χ1n) is 3.28. The number of aliphatic hydroxyl groups is 1. The molecule has 74 valence electrons. The Kier molecular flexibility index (Phi) is 3.43. The Labute approximate surface area is 72.5 Å². The van der Waals surface area contributed by atoms with Gasteiger partial charge in [-0.15, -0.1) is 0 Å². The quantitative estimate of drug-likeness (QED) is 0.263. The summed E-state index contributed by atoms with van der Waals surface area (Å²) in [7, 11) is 0. The maximum Gasteiger partial charge on any atom is 0.481 e. The molecule has 13 heavy (non-hydrogen) atoms. The minimum atomic E-state index is -2.72. The molecule has 0 saturated heterocycles. The van der Waals surface area contributed by atoms with Gasteiger partial charge < -0.3 is 9.90 Å². The maximum absolute atomic E-state index is 10.3. The van der Waals surface area contributed by atoms with Crippen molar-refractivity contribution in [3.8, 4) is 0 Å². The molecule has 0 saturated carbocycles. The first-order valence-corrected chi connectivity index (χ1v) is 3.28. The third-order valence-corrected chi connectivity index (χ3v) is 1.69. The van der Waals surface area contributed by atoms with Gasteiger partial charge in [-0.05, 0) is 0 Å². The van der Waals surface area contributed by atoms with Crippen molar-refractivity contribution < 1.29 is 19.7 Å². The van der Waals surface area contributed by atoms with E-state index in [-0.39, 0.29) is 6.29 Å². The molecule has 0 aliphatic rings. The first kappa shape index (κ1) is 11.4. The zero-order valence-electron chi connectivity index (χ0n) is 6.74. The van der Waals surface area contributed by atoms with Crippen LogP contribution in [0.1, 0.15) is 13.3 Å². The number of nitro groups is 2. The second-order valence-corrected chi connectivity index (χ2v) is 2.53. The predicted molar refractivity (Wildman–Crippen MR) is 39.1 cm³/mol. The van der Waals surface area contributed by atoms with Crippen molar-refractivity contribution in [1.29, 1.82) is 0 Å². The van der Waals surface area contributed by atoms with Gasteiger partial charge in [-0.2, -0.15) is 0 Å². The molecule has 0 bridgehead atoms. The average molecular weight is 192 g/mol. The van der Waals surface area contributed by atoms with Crippen molar-refractivity contribution in [3.05, 3.63) is 20.2 Å². The minimum absolute atomic E-state index is 0.190. The van der Waals surface area contributed by atoms with Crippen molar-refractivity contribution >= 4 is 6.29 Å². The van der Waals surface area contributed by atoms with Crippen molar-refractivity contribution in [2.75, 3.05) is 0 Å². The standard InChI is InChI=1S/C5H8N2O6/c1-5(6(10)11,7(12)13)4(9)2-3-8/h3-4,9H,2H2,1H3. The summed E-state index contributed by atoms with van der Waals surface area (Å²) in [5.41, 5.74) is -2.72. The molecule has 0 spiro atoms. The monoisotopic (exact) mass is 192 g/mol. The third kappa shape index (κ3) is 1.96. The van der Waals surface area contributed by atoms with Crippen LogP contribution in [0.3, 0.4) is 0 Å². The van der Waals surface area contributed by atoms with Crippen molar-refractivity contribution in [2.24, 2.45) is 0 Å². The number of aldehydes is 1. The number of aliphatic hydroxyl groups excluding tert-OH is 1. The SMILES string of the molecule is CC(C(O)CC=O)([N+](=O)[O-])[N+](=O)[O-]. The molecule has 1 N–H and O–H groups in total. The molecule has 8 nitrogen and oxygen atoms in total. The van der Waals surface area contributed by atoms with Gasteiger partial charge in [0.25, 0.3) is 0 Å². The zero-order chi connectivity index (χ0) is 10.6. The Balaban J connectivity index is 4.89. The van der Waals surface area contributed by atoms with E-state index in [4.69, 9.17) is 5.11 Å². The van der Waals surface area contributed by atoms with Gasteiger partial charge in [0.2, 0.25) is 6.10 Å². The number of hydrogen-bond donors (Lipinski definition) is 1. The number of carbonyl (C=O) groups excluding carboxylic acids is 1. The van der Waals surface area contributed by atoms with Gasteiger partial charge in [0.15, 0.2) is 0 Å².